The maximum Gasteiger partial charge on any atom is 1.00 e. The van der Waals surface area contributed by atoms with Crippen LogP contribution in [0.2, 0.25) is 0 Å². The summed E-state index contributed by atoms with van der Waals surface area (Å²) >= 11 is 0. The summed E-state index contributed by atoms with van der Waals surface area (Å²) < 4.78 is 0. The Labute approximate surface area is 95.3 Å². The van der Waals surface area contributed by atoms with Crippen molar-refractivity contribution in [2.75, 3.05) is 5.32 Å². The number of anilines is 1. The molecular weight excluding hydrogens is 161 g/mol. The van der Waals surface area contributed by atoms with E-state index in [9.17, 15) is 5.11 Å². The van der Waals surface area contributed by atoms with E-state index in [0.29, 0.717) is 6.04 Å². The second-order valence-electron chi connectivity index (χ2n) is 2.82. The molecule has 0 atom stereocenters. The van der Waals surface area contributed by atoms with Gasteiger partial charge in [0.15, 0.2) is 0 Å². The molecule has 0 saturated heterocycles. The molecule has 0 radical (unpaired) electrons. The van der Waals surface area contributed by atoms with Crippen molar-refractivity contribution in [3.8, 4) is 5.75 Å². The van der Waals surface area contributed by atoms with Crippen molar-refractivity contribution in [2.24, 2.45) is 0 Å². The third kappa shape index (κ3) is 4.00. The number of hydrogen-bond acceptors (Lipinski definition) is 2. The molecule has 0 bridgehead atoms. The van der Waals surface area contributed by atoms with E-state index in [0.717, 1.165) is 5.69 Å². The summed E-state index contributed by atoms with van der Waals surface area (Å²) in [4.78, 5) is 0. The topological polar surface area (TPSA) is 35.1 Å². The van der Waals surface area contributed by atoms with Crippen LogP contribution in [-0.4, -0.2) is 6.04 Å². The molecule has 12 heavy (non-hydrogen) atoms. The Bertz CT molecular complexity index is 220. The minimum Gasteiger partial charge on any atom is -0.872 e. The first-order chi connectivity index (χ1) is 5.18. The van der Waals surface area contributed by atoms with Crippen molar-refractivity contribution in [1.82, 2.24) is 0 Å². The summed E-state index contributed by atoms with van der Waals surface area (Å²) in [6, 6.07) is 7.12. The van der Waals surface area contributed by atoms with Crippen molar-refractivity contribution in [1.29, 1.82) is 0 Å². The molecule has 0 aliphatic heterocycles. The SMILES string of the molecule is CC(C)Nc1ccc([O-])cc1.[Na+]. The van der Waals surface area contributed by atoms with Crippen LogP contribution in [0.3, 0.4) is 0 Å². The average molecular weight is 173 g/mol. The van der Waals surface area contributed by atoms with Gasteiger partial charge in [-0.3, -0.25) is 0 Å². The van der Waals surface area contributed by atoms with Crippen LogP contribution in [-0.2, 0) is 0 Å². The zero-order valence-corrected chi connectivity index (χ0v) is 9.79. The van der Waals surface area contributed by atoms with E-state index in [2.05, 4.69) is 19.2 Å². The van der Waals surface area contributed by atoms with Crippen LogP contribution in [0.15, 0.2) is 24.3 Å². The first-order valence-electron chi connectivity index (χ1n) is 3.72. The van der Waals surface area contributed by atoms with Gasteiger partial charge in [-0.2, -0.15) is 0 Å². The van der Waals surface area contributed by atoms with E-state index >= 15 is 0 Å². The Morgan fingerprint density at radius 2 is 1.67 bits per heavy atom. The maximum atomic E-state index is 10.7. The molecule has 1 N–H and O–H groups in total. The zero-order chi connectivity index (χ0) is 8.27. The number of benzene rings is 1. The molecule has 0 aliphatic carbocycles. The van der Waals surface area contributed by atoms with Crippen molar-refractivity contribution in [2.45, 2.75) is 19.9 Å². The van der Waals surface area contributed by atoms with E-state index in [1.165, 1.54) is 0 Å². The summed E-state index contributed by atoms with van der Waals surface area (Å²) in [5.74, 6) is 0.0549. The molecule has 1 rings (SSSR count). The Kier molecular flexibility index (Phi) is 5.38. The first kappa shape index (κ1) is 11.8. The Balaban J connectivity index is 0.00000121. The van der Waals surface area contributed by atoms with Crippen LogP contribution < -0.4 is 40.0 Å². The summed E-state index contributed by atoms with van der Waals surface area (Å²) in [7, 11) is 0. The van der Waals surface area contributed by atoms with Crippen molar-refractivity contribution < 1.29 is 34.7 Å². The Morgan fingerprint density at radius 1 is 1.17 bits per heavy atom. The van der Waals surface area contributed by atoms with Gasteiger partial charge in [-0.25, -0.2) is 0 Å². The standard InChI is InChI=1S/C9H13NO.Na/c1-7(2)10-8-3-5-9(11)6-4-8;/h3-7,10-11H,1-2H3;/q;+1/p-1. The quantitative estimate of drug-likeness (QED) is 0.557. The fraction of sp³-hybridized carbons (Fsp3) is 0.333. The van der Waals surface area contributed by atoms with Gasteiger partial charge in [-0.15, -0.1) is 5.75 Å². The number of nitrogens with one attached hydrogen (secondary N) is 1. The molecular formula is C9H12NNaO. The second kappa shape index (κ2) is 5.46. The molecule has 0 unspecified atom stereocenters. The van der Waals surface area contributed by atoms with Gasteiger partial charge in [-0.1, -0.05) is 12.1 Å². The number of rotatable bonds is 2. The van der Waals surface area contributed by atoms with E-state index < -0.39 is 0 Å². The van der Waals surface area contributed by atoms with Gasteiger partial charge in [0.1, 0.15) is 0 Å². The summed E-state index contributed by atoms with van der Waals surface area (Å²) in [5, 5.41) is 13.9. The summed E-state index contributed by atoms with van der Waals surface area (Å²) in [5.41, 5.74) is 1.000. The zero-order valence-electron chi connectivity index (χ0n) is 7.79. The molecule has 0 aliphatic rings. The Hall–Kier alpha value is -0.180. The summed E-state index contributed by atoms with van der Waals surface area (Å²) in [6.45, 7) is 4.12. The van der Waals surface area contributed by atoms with Gasteiger partial charge in [0.05, 0.1) is 0 Å². The molecule has 0 saturated carbocycles. The van der Waals surface area contributed by atoms with E-state index in [1.54, 1.807) is 24.3 Å². The van der Waals surface area contributed by atoms with E-state index in [1.807, 2.05) is 0 Å². The molecule has 1 aromatic carbocycles. The molecule has 2 nitrogen and oxygen atoms in total. The molecule has 60 valence electrons. The van der Waals surface area contributed by atoms with Crippen LogP contribution >= 0.6 is 0 Å². The van der Waals surface area contributed by atoms with Crippen LogP contribution in [0.4, 0.5) is 5.69 Å². The maximum absolute atomic E-state index is 10.7. The van der Waals surface area contributed by atoms with E-state index in [-0.39, 0.29) is 35.3 Å². The minimum absolute atomic E-state index is 0. The molecule has 0 amide bonds. The molecule has 0 aromatic heterocycles. The predicted molar refractivity (Wildman–Crippen MR) is 44.6 cm³/mol. The third-order valence-corrected chi connectivity index (χ3v) is 1.31. The van der Waals surface area contributed by atoms with Gasteiger partial charge in [0, 0.05) is 11.7 Å². The van der Waals surface area contributed by atoms with Crippen molar-refractivity contribution >= 4 is 5.69 Å². The molecule has 0 spiro atoms. The van der Waals surface area contributed by atoms with Crippen LogP contribution in [0.5, 0.6) is 5.75 Å². The molecule has 1 aromatic rings. The third-order valence-electron chi connectivity index (χ3n) is 1.31. The predicted octanol–water partition coefficient (Wildman–Crippen LogP) is -1.42. The monoisotopic (exact) mass is 173 g/mol. The van der Waals surface area contributed by atoms with Gasteiger partial charge >= 0.3 is 29.6 Å². The molecule has 0 heterocycles. The molecule has 3 heteroatoms. The van der Waals surface area contributed by atoms with Crippen molar-refractivity contribution in [3.63, 3.8) is 0 Å². The second-order valence-corrected chi connectivity index (χ2v) is 2.82. The largest absolute Gasteiger partial charge is 1.00 e. The smallest absolute Gasteiger partial charge is 0.872 e. The molecule has 0 fully saturated rings. The fourth-order valence-electron chi connectivity index (χ4n) is 0.884. The van der Waals surface area contributed by atoms with Crippen LogP contribution in [0.25, 0.3) is 0 Å². The van der Waals surface area contributed by atoms with Gasteiger partial charge in [0.2, 0.25) is 0 Å². The first-order valence-corrected chi connectivity index (χ1v) is 3.72. The average Bonchev–Trinajstić information content (AvgIpc) is 1.93. The van der Waals surface area contributed by atoms with Gasteiger partial charge in [-0.05, 0) is 26.0 Å². The van der Waals surface area contributed by atoms with E-state index in [4.69, 9.17) is 0 Å². The van der Waals surface area contributed by atoms with Gasteiger partial charge in [0.25, 0.3) is 0 Å². The minimum atomic E-state index is 0. The number of hydrogen-bond donors (Lipinski definition) is 1. The van der Waals surface area contributed by atoms with Crippen molar-refractivity contribution in [3.05, 3.63) is 24.3 Å². The summed E-state index contributed by atoms with van der Waals surface area (Å²) in [6.07, 6.45) is 0. The fourth-order valence-corrected chi connectivity index (χ4v) is 0.884. The van der Waals surface area contributed by atoms with Gasteiger partial charge < -0.3 is 10.4 Å². The normalized spacial score (nSPS) is 9.25. The Morgan fingerprint density at radius 3 is 2.08 bits per heavy atom. The van der Waals surface area contributed by atoms with Crippen LogP contribution in [0.1, 0.15) is 13.8 Å². The van der Waals surface area contributed by atoms with Crippen LogP contribution in [0, 0.1) is 0 Å².